The Bertz CT molecular complexity index is 391. The number of amides is 1. The Morgan fingerprint density at radius 2 is 2.40 bits per heavy atom. The molecule has 1 aromatic rings. The maximum atomic E-state index is 11.8. The largest absolute Gasteiger partial charge is 0.379 e. The molecular weight excluding hydrogens is 216 g/mol. The minimum absolute atomic E-state index is 0.0801. The molecule has 1 aromatic heterocycles. The fraction of sp³-hybridized carbons (Fsp3) is 0.400. The Balaban J connectivity index is 2.06. The highest BCUT2D eigenvalue weighted by Gasteiger charge is 2.41. The standard InChI is InChI=1S/C10H11ClN2O2/c1-10(5-15-6-10)9(14)13-8-4-7(11)2-3-12-8/h2-4H,5-6H2,1H3,(H,12,13,14). The van der Waals surface area contributed by atoms with E-state index in [1.807, 2.05) is 6.92 Å². The Labute approximate surface area is 92.6 Å². The van der Waals surface area contributed by atoms with Gasteiger partial charge in [0.1, 0.15) is 5.82 Å². The van der Waals surface area contributed by atoms with E-state index in [4.69, 9.17) is 16.3 Å². The van der Waals surface area contributed by atoms with Gasteiger partial charge in [-0.05, 0) is 19.1 Å². The van der Waals surface area contributed by atoms with Gasteiger partial charge in [0.2, 0.25) is 5.91 Å². The first-order valence-electron chi connectivity index (χ1n) is 4.61. The quantitative estimate of drug-likeness (QED) is 0.835. The highest BCUT2D eigenvalue weighted by atomic mass is 35.5. The average Bonchev–Trinajstić information content (AvgIpc) is 2.14. The molecule has 1 amide bonds. The molecule has 2 heterocycles. The molecule has 0 radical (unpaired) electrons. The summed E-state index contributed by atoms with van der Waals surface area (Å²) < 4.78 is 5.01. The number of carbonyl (C=O) groups excluding carboxylic acids is 1. The molecule has 0 aromatic carbocycles. The van der Waals surface area contributed by atoms with E-state index in [0.29, 0.717) is 24.1 Å². The van der Waals surface area contributed by atoms with Crippen LogP contribution < -0.4 is 5.32 Å². The van der Waals surface area contributed by atoms with Crippen molar-refractivity contribution < 1.29 is 9.53 Å². The fourth-order valence-corrected chi connectivity index (χ4v) is 1.44. The molecular formula is C10H11ClN2O2. The van der Waals surface area contributed by atoms with Crippen molar-refractivity contribution in [2.45, 2.75) is 6.92 Å². The number of hydrogen-bond acceptors (Lipinski definition) is 3. The first-order valence-corrected chi connectivity index (χ1v) is 4.99. The van der Waals surface area contributed by atoms with E-state index in [1.165, 1.54) is 0 Å². The molecule has 1 N–H and O–H groups in total. The van der Waals surface area contributed by atoms with Crippen molar-refractivity contribution >= 4 is 23.3 Å². The Kier molecular flexibility index (Phi) is 2.63. The summed E-state index contributed by atoms with van der Waals surface area (Å²) in [6, 6.07) is 3.27. The Hall–Kier alpha value is -1.13. The number of carbonyl (C=O) groups is 1. The van der Waals surface area contributed by atoms with Crippen LogP contribution in [0.15, 0.2) is 18.3 Å². The highest BCUT2D eigenvalue weighted by Crippen LogP contribution is 2.28. The maximum Gasteiger partial charge on any atom is 0.236 e. The van der Waals surface area contributed by atoms with Crippen molar-refractivity contribution in [3.05, 3.63) is 23.4 Å². The molecule has 1 saturated heterocycles. The Morgan fingerprint density at radius 3 is 2.93 bits per heavy atom. The van der Waals surface area contributed by atoms with Gasteiger partial charge >= 0.3 is 0 Å². The molecule has 0 unspecified atom stereocenters. The minimum Gasteiger partial charge on any atom is -0.379 e. The lowest BCUT2D eigenvalue weighted by Gasteiger charge is -2.36. The van der Waals surface area contributed by atoms with Crippen LogP contribution in [0.5, 0.6) is 0 Å². The predicted octanol–water partition coefficient (Wildman–Crippen LogP) is 1.71. The lowest BCUT2D eigenvalue weighted by molar-refractivity contribution is -0.151. The van der Waals surface area contributed by atoms with Gasteiger partial charge < -0.3 is 10.1 Å². The zero-order chi connectivity index (χ0) is 10.9. The summed E-state index contributed by atoms with van der Waals surface area (Å²) in [5, 5.41) is 3.26. The first kappa shape index (κ1) is 10.4. The van der Waals surface area contributed by atoms with Gasteiger partial charge in [-0.3, -0.25) is 4.79 Å². The van der Waals surface area contributed by atoms with E-state index in [2.05, 4.69) is 10.3 Å². The lowest BCUT2D eigenvalue weighted by atomic mass is 9.88. The maximum absolute atomic E-state index is 11.8. The molecule has 0 atom stereocenters. The molecule has 80 valence electrons. The lowest BCUT2D eigenvalue weighted by Crippen LogP contribution is -2.49. The van der Waals surface area contributed by atoms with Crippen molar-refractivity contribution in [1.82, 2.24) is 4.98 Å². The highest BCUT2D eigenvalue weighted by molar-refractivity contribution is 6.30. The van der Waals surface area contributed by atoms with Crippen LogP contribution in [-0.4, -0.2) is 24.1 Å². The van der Waals surface area contributed by atoms with Gasteiger partial charge in [-0.25, -0.2) is 4.98 Å². The van der Waals surface area contributed by atoms with Gasteiger partial charge in [0, 0.05) is 11.2 Å². The summed E-state index contributed by atoms with van der Waals surface area (Å²) in [6.07, 6.45) is 1.55. The Morgan fingerprint density at radius 1 is 1.67 bits per heavy atom. The van der Waals surface area contributed by atoms with Crippen molar-refractivity contribution in [1.29, 1.82) is 0 Å². The SMILES string of the molecule is CC1(C(=O)Nc2cc(Cl)ccn2)COC1. The summed E-state index contributed by atoms with van der Waals surface area (Å²) in [5.41, 5.74) is -0.427. The van der Waals surface area contributed by atoms with Crippen LogP contribution in [0, 0.1) is 5.41 Å². The van der Waals surface area contributed by atoms with E-state index in [9.17, 15) is 4.79 Å². The van der Waals surface area contributed by atoms with Crippen LogP contribution in [0.25, 0.3) is 0 Å². The zero-order valence-electron chi connectivity index (χ0n) is 8.29. The summed E-state index contributed by atoms with van der Waals surface area (Å²) in [4.78, 5) is 15.7. The molecule has 0 bridgehead atoms. The second-order valence-electron chi connectivity index (χ2n) is 3.87. The first-order chi connectivity index (χ1) is 7.10. The monoisotopic (exact) mass is 226 g/mol. The molecule has 4 nitrogen and oxygen atoms in total. The third-order valence-electron chi connectivity index (χ3n) is 2.35. The van der Waals surface area contributed by atoms with Gasteiger partial charge in [0.25, 0.3) is 0 Å². The van der Waals surface area contributed by atoms with E-state index >= 15 is 0 Å². The second-order valence-corrected chi connectivity index (χ2v) is 4.30. The second kappa shape index (κ2) is 3.79. The van der Waals surface area contributed by atoms with Gasteiger partial charge in [-0.15, -0.1) is 0 Å². The van der Waals surface area contributed by atoms with Crippen LogP contribution in [0.3, 0.4) is 0 Å². The van der Waals surface area contributed by atoms with E-state index < -0.39 is 5.41 Å². The average molecular weight is 227 g/mol. The molecule has 0 saturated carbocycles. The van der Waals surface area contributed by atoms with Crippen LogP contribution in [0.2, 0.25) is 5.02 Å². The van der Waals surface area contributed by atoms with Gasteiger partial charge in [-0.2, -0.15) is 0 Å². The van der Waals surface area contributed by atoms with E-state index in [-0.39, 0.29) is 5.91 Å². The summed E-state index contributed by atoms with van der Waals surface area (Å²) in [6.45, 7) is 2.77. The number of anilines is 1. The van der Waals surface area contributed by atoms with Crippen molar-refractivity contribution in [3.63, 3.8) is 0 Å². The smallest absolute Gasteiger partial charge is 0.236 e. The summed E-state index contributed by atoms with van der Waals surface area (Å²) in [5.74, 6) is 0.393. The number of rotatable bonds is 2. The number of ether oxygens (including phenoxy) is 1. The van der Waals surface area contributed by atoms with Gasteiger partial charge in [0.05, 0.1) is 18.6 Å². The number of aromatic nitrogens is 1. The molecule has 5 heteroatoms. The molecule has 0 spiro atoms. The number of nitrogens with zero attached hydrogens (tertiary/aromatic N) is 1. The van der Waals surface area contributed by atoms with Gasteiger partial charge in [-0.1, -0.05) is 11.6 Å². The number of halogens is 1. The normalized spacial score (nSPS) is 18.0. The van der Waals surface area contributed by atoms with Crippen LogP contribution >= 0.6 is 11.6 Å². The molecule has 1 aliphatic rings. The molecule has 1 fully saturated rings. The molecule has 0 aliphatic carbocycles. The summed E-state index contributed by atoms with van der Waals surface area (Å²) >= 11 is 5.77. The molecule has 1 aliphatic heterocycles. The molecule has 15 heavy (non-hydrogen) atoms. The van der Waals surface area contributed by atoms with Crippen molar-refractivity contribution in [3.8, 4) is 0 Å². The predicted molar refractivity (Wildman–Crippen MR) is 56.8 cm³/mol. The van der Waals surface area contributed by atoms with E-state index in [1.54, 1.807) is 18.3 Å². The number of pyridine rings is 1. The third kappa shape index (κ3) is 2.11. The van der Waals surface area contributed by atoms with E-state index in [0.717, 1.165) is 0 Å². The summed E-state index contributed by atoms with van der Waals surface area (Å²) in [7, 11) is 0. The number of nitrogens with one attached hydrogen (secondary N) is 1. The van der Waals surface area contributed by atoms with Crippen molar-refractivity contribution in [2.75, 3.05) is 18.5 Å². The zero-order valence-corrected chi connectivity index (χ0v) is 9.04. The van der Waals surface area contributed by atoms with Crippen LogP contribution in [0.1, 0.15) is 6.92 Å². The third-order valence-corrected chi connectivity index (χ3v) is 2.59. The number of hydrogen-bond donors (Lipinski definition) is 1. The fourth-order valence-electron chi connectivity index (χ4n) is 1.28. The van der Waals surface area contributed by atoms with Crippen LogP contribution in [-0.2, 0) is 9.53 Å². The van der Waals surface area contributed by atoms with Gasteiger partial charge in [0.15, 0.2) is 0 Å². The topological polar surface area (TPSA) is 51.2 Å². The minimum atomic E-state index is -0.427. The molecule has 2 rings (SSSR count). The van der Waals surface area contributed by atoms with Crippen LogP contribution in [0.4, 0.5) is 5.82 Å². The van der Waals surface area contributed by atoms with Crippen molar-refractivity contribution in [2.24, 2.45) is 5.41 Å².